The Kier molecular flexibility index (Phi) is 6.66. The molecule has 10 aromatic carbocycles. The molecule has 0 atom stereocenters. The molecule has 0 aliphatic rings. The fraction of sp³-hybridized carbons (Fsp3) is 0. The molecule has 0 spiro atoms. The summed E-state index contributed by atoms with van der Waals surface area (Å²) in [5.41, 5.74) is 13.0. The predicted molar refractivity (Wildman–Crippen MR) is 235 cm³/mol. The van der Waals surface area contributed by atoms with Gasteiger partial charge in [0.15, 0.2) is 0 Å². The van der Waals surface area contributed by atoms with Crippen molar-refractivity contribution >= 4 is 76.2 Å². The average Bonchev–Trinajstić information content (AvgIpc) is 3.82. The van der Waals surface area contributed by atoms with Crippen molar-refractivity contribution in [2.75, 3.05) is 0 Å². The Labute approximate surface area is 322 Å². The van der Waals surface area contributed by atoms with Gasteiger partial charge in [0.2, 0.25) is 0 Å². The summed E-state index contributed by atoms with van der Waals surface area (Å²) in [5.74, 6) is 0. The molecule has 2 heterocycles. The molecule has 0 amide bonds. The van der Waals surface area contributed by atoms with Gasteiger partial charge in [0.25, 0.3) is 0 Å². The minimum Gasteiger partial charge on any atom is -0.456 e. The molecule has 2 aromatic heterocycles. The summed E-state index contributed by atoms with van der Waals surface area (Å²) in [6.07, 6.45) is 0. The van der Waals surface area contributed by atoms with E-state index in [1.807, 2.05) is 24.3 Å². The third-order valence-electron chi connectivity index (χ3n) is 11.7. The van der Waals surface area contributed by atoms with E-state index < -0.39 is 0 Å². The highest BCUT2D eigenvalue weighted by Gasteiger charge is 2.18. The van der Waals surface area contributed by atoms with Gasteiger partial charge in [-0.15, -0.1) is 0 Å². The highest BCUT2D eigenvalue weighted by Crippen LogP contribution is 2.45. The van der Waals surface area contributed by atoms with Gasteiger partial charge >= 0.3 is 0 Å². The van der Waals surface area contributed by atoms with Crippen LogP contribution in [0.4, 0.5) is 0 Å². The van der Waals surface area contributed by atoms with Crippen molar-refractivity contribution in [2.45, 2.75) is 0 Å². The van der Waals surface area contributed by atoms with E-state index in [2.05, 4.69) is 170 Å². The molecule has 0 unspecified atom stereocenters. The van der Waals surface area contributed by atoms with Crippen LogP contribution in [0.25, 0.3) is 121 Å². The zero-order valence-electron chi connectivity index (χ0n) is 30.3. The van der Waals surface area contributed by atoms with Gasteiger partial charge in [0, 0.05) is 21.5 Å². The third-order valence-corrected chi connectivity index (χ3v) is 11.7. The van der Waals surface area contributed by atoms with Gasteiger partial charge < -0.3 is 8.83 Å². The second kappa shape index (κ2) is 12.0. The van der Waals surface area contributed by atoms with Crippen LogP contribution in [0.15, 0.2) is 203 Å². The maximum atomic E-state index is 6.40. The largest absolute Gasteiger partial charge is 0.456 e. The molecule has 12 aromatic rings. The number of hydrogen-bond donors (Lipinski definition) is 0. The minimum absolute atomic E-state index is 0.894. The lowest BCUT2D eigenvalue weighted by molar-refractivity contribution is 0.668. The molecule has 56 heavy (non-hydrogen) atoms. The van der Waals surface area contributed by atoms with Gasteiger partial charge in [-0.05, 0) is 131 Å². The van der Waals surface area contributed by atoms with E-state index in [1.165, 1.54) is 65.7 Å². The Morgan fingerprint density at radius 1 is 0.232 bits per heavy atom. The average molecular weight is 713 g/mol. The third kappa shape index (κ3) is 4.76. The lowest BCUT2D eigenvalue weighted by Gasteiger charge is -2.18. The summed E-state index contributed by atoms with van der Waals surface area (Å²) >= 11 is 0. The minimum atomic E-state index is 0.894. The quantitative estimate of drug-likeness (QED) is 0.170. The first-order valence-electron chi connectivity index (χ1n) is 19.1. The summed E-state index contributed by atoms with van der Waals surface area (Å²) in [7, 11) is 0. The normalized spacial score (nSPS) is 11.9. The molecule has 2 heteroatoms. The molecule has 0 N–H and O–H groups in total. The molecule has 0 aliphatic carbocycles. The van der Waals surface area contributed by atoms with Crippen molar-refractivity contribution in [3.8, 4) is 44.5 Å². The van der Waals surface area contributed by atoms with E-state index in [0.717, 1.165) is 55.0 Å². The topological polar surface area (TPSA) is 26.3 Å². The van der Waals surface area contributed by atoms with Crippen LogP contribution in [0.2, 0.25) is 0 Å². The Morgan fingerprint density at radius 2 is 0.714 bits per heavy atom. The number of rotatable bonds is 4. The zero-order chi connectivity index (χ0) is 36.7. The number of hydrogen-bond acceptors (Lipinski definition) is 2. The highest BCUT2D eigenvalue weighted by atomic mass is 16.3. The molecular formula is C54H32O2. The van der Waals surface area contributed by atoms with Crippen LogP contribution in [0.3, 0.4) is 0 Å². The summed E-state index contributed by atoms with van der Waals surface area (Å²) < 4.78 is 12.8. The molecular weight excluding hydrogens is 681 g/mol. The monoisotopic (exact) mass is 712 g/mol. The Balaban J connectivity index is 1.13. The highest BCUT2D eigenvalue weighted by molar-refractivity contribution is 6.20. The molecule has 260 valence electrons. The summed E-state index contributed by atoms with van der Waals surface area (Å²) in [6, 6.07) is 70.1. The number of furan rings is 2. The first kappa shape index (κ1) is 31.0. The van der Waals surface area contributed by atoms with E-state index in [1.54, 1.807) is 0 Å². The van der Waals surface area contributed by atoms with Crippen LogP contribution in [-0.2, 0) is 0 Å². The van der Waals surface area contributed by atoms with E-state index in [-0.39, 0.29) is 0 Å². The smallest absolute Gasteiger partial charge is 0.136 e. The van der Waals surface area contributed by atoms with E-state index in [0.29, 0.717) is 0 Å². The van der Waals surface area contributed by atoms with Crippen molar-refractivity contribution in [2.24, 2.45) is 0 Å². The second-order valence-electron chi connectivity index (χ2n) is 14.8. The zero-order valence-corrected chi connectivity index (χ0v) is 30.3. The standard InChI is InChI=1S/C54H32O2/c1-2-10-33(11-3-1)35-22-20-34-21-23-38(29-39(34)28-35)54-46-16-8-14-40(36-24-26-44-42-12-4-6-18-50(42)55-52(44)30-36)48(46)32-49-41(15-9-17-47(49)54)37-25-27-45-43-13-5-7-19-51(43)56-53(45)31-37/h1-32H. The molecule has 0 aliphatic heterocycles. The van der Waals surface area contributed by atoms with E-state index in [4.69, 9.17) is 8.83 Å². The van der Waals surface area contributed by atoms with Gasteiger partial charge in [0.05, 0.1) is 0 Å². The van der Waals surface area contributed by atoms with Crippen LogP contribution in [0.1, 0.15) is 0 Å². The Morgan fingerprint density at radius 3 is 1.32 bits per heavy atom. The van der Waals surface area contributed by atoms with Gasteiger partial charge in [-0.2, -0.15) is 0 Å². The molecule has 0 bridgehead atoms. The lowest BCUT2D eigenvalue weighted by Crippen LogP contribution is -1.91. The van der Waals surface area contributed by atoms with Crippen LogP contribution in [-0.4, -0.2) is 0 Å². The van der Waals surface area contributed by atoms with Crippen LogP contribution < -0.4 is 0 Å². The second-order valence-corrected chi connectivity index (χ2v) is 14.8. The molecule has 0 saturated heterocycles. The van der Waals surface area contributed by atoms with Crippen molar-refractivity contribution in [1.82, 2.24) is 0 Å². The van der Waals surface area contributed by atoms with Crippen molar-refractivity contribution in [3.63, 3.8) is 0 Å². The first-order valence-corrected chi connectivity index (χ1v) is 19.1. The summed E-state index contributed by atoms with van der Waals surface area (Å²) in [4.78, 5) is 0. The number of para-hydroxylation sites is 2. The molecule has 0 radical (unpaired) electrons. The maximum absolute atomic E-state index is 6.40. The summed E-state index contributed by atoms with van der Waals surface area (Å²) in [6.45, 7) is 0. The van der Waals surface area contributed by atoms with E-state index >= 15 is 0 Å². The van der Waals surface area contributed by atoms with Crippen molar-refractivity contribution in [3.05, 3.63) is 194 Å². The SMILES string of the molecule is c1ccc(-c2ccc3ccc(-c4c5cccc(-c6ccc7c(c6)oc6ccccc67)c5cc5c(-c6ccc7c(c6)oc6ccccc67)cccc45)cc3c2)cc1. The van der Waals surface area contributed by atoms with Crippen LogP contribution in [0.5, 0.6) is 0 Å². The van der Waals surface area contributed by atoms with Gasteiger partial charge in [-0.25, -0.2) is 0 Å². The van der Waals surface area contributed by atoms with Crippen LogP contribution >= 0.6 is 0 Å². The van der Waals surface area contributed by atoms with Crippen molar-refractivity contribution < 1.29 is 8.83 Å². The molecule has 0 saturated carbocycles. The lowest BCUT2D eigenvalue weighted by atomic mass is 9.85. The Hall–Kier alpha value is -7.42. The predicted octanol–water partition coefficient (Wildman–Crippen LogP) is 15.6. The molecule has 12 rings (SSSR count). The van der Waals surface area contributed by atoms with Crippen molar-refractivity contribution in [1.29, 1.82) is 0 Å². The van der Waals surface area contributed by atoms with Gasteiger partial charge in [0.1, 0.15) is 22.3 Å². The Bertz CT molecular complexity index is 3360. The van der Waals surface area contributed by atoms with E-state index in [9.17, 15) is 0 Å². The fourth-order valence-electron chi connectivity index (χ4n) is 8.98. The van der Waals surface area contributed by atoms with Gasteiger partial charge in [-0.3, -0.25) is 0 Å². The van der Waals surface area contributed by atoms with Gasteiger partial charge in [-0.1, -0.05) is 140 Å². The number of fused-ring (bicyclic) bond motifs is 9. The summed E-state index contributed by atoms with van der Waals surface area (Å²) in [5, 5.41) is 11.8. The maximum Gasteiger partial charge on any atom is 0.136 e. The van der Waals surface area contributed by atoms with Crippen LogP contribution in [0, 0.1) is 0 Å². The fourth-order valence-corrected chi connectivity index (χ4v) is 8.98. The molecule has 0 fully saturated rings. The molecule has 2 nitrogen and oxygen atoms in total. The number of benzene rings is 10. The first-order chi connectivity index (χ1) is 27.7.